The number of hydrogen-bond donors (Lipinski definition) is 0. The van der Waals surface area contributed by atoms with Gasteiger partial charge in [-0.25, -0.2) is 4.98 Å². The van der Waals surface area contributed by atoms with Crippen LogP contribution in [-0.2, 0) is 11.2 Å². The molecule has 0 aromatic carbocycles. The zero-order valence-electron chi connectivity index (χ0n) is 7.68. The fourth-order valence-corrected chi connectivity index (χ4v) is 1.88. The molecule has 0 bridgehead atoms. The van der Waals surface area contributed by atoms with Gasteiger partial charge in [0.25, 0.3) is 0 Å². The Kier molecular flexibility index (Phi) is 2.98. The molecule has 2 nitrogen and oxygen atoms in total. The van der Waals surface area contributed by atoms with Crippen molar-refractivity contribution in [2.75, 3.05) is 0 Å². The molecule has 66 valence electrons. The molecule has 1 rings (SSSR count). The number of carbonyl (C=O) groups excluding carboxylic acids is 1. The molecule has 0 aliphatic carbocycles. The second kappa shape index (κ2) is 3.81. The van der Waals surface area contributed by atoms with Crippen molar-refractivity contribution >= 4 is 17.1 Å². The lowest BCUT2D eigenvalue weighted by molar-refractivity contribution is -0.118. The summed E-state index contributed by atoms with van der Waals surface area (Å²) in [5.41, 5.74) is 0.962. The van der Waals surface area contributed by atoms with E-state index in [2.05, 4.69) is 4.98 Å². The third-order valence-corrected chi connectivity index (χ3v) is 2.69. The zero-order valence-corrected chi connectivity index (χ0v) is 8.49. The van der Waals surface area contributed by atoms with Crippen molar-refractivity contribution in [1.82, 2.24) is 4.98 Å². The molecule has 0 aliphatic rings. The number of thiazole rings is 1. The number of hydrogen-bond acceptors (Lipinski definition) is 3. The van der Waals surface area contributed by atoms with Crippen molar-refractivity contribution in [2.45, 2.75) is 33.6 Å². The molecule has 12 heavy (non-hydrogen) atoms. The predicted molar refractivity (Wildman–Crippen MR) is 50.6 cm³/mol. The topological polar surface area (TPSA) is 30.0 Å². The van der Waals surface area contributed by atoms with E-state index in [9.17, 15) is 4.79 Å². The van der Waals surface area contributed by atoms with E-state index in [0.717, 1.165) is 10.7 Å². The number of ketones is 1. The lowest BCUT2D eigenvalue weighted by Crippen LogP contribution is -2.01. The van der Waals surface area contributed by atoms with Crippen LogP contribution in [0.2, 0.25) is 0 Å². The molecule has 0 aliphatic heterocycles. The predicted octanol–water partition coefficient (Wildman–Crippen LogP) is 2.28. The molecule has 1 heterocycles. The van der Waals surface area contributed by atoms with Crippen molar-refractivity contribution in [3.05, 3.63) is 15.6 Å². The van der Waals surface area contributed by atoms with Gasteiger partial charge in [-0.3, -0.25) is 4.79 Å². The number of rotatable bonds is 3. The Labute approximate surface area is 76.6 Å². The van der Waals surface area contributed by atoms with Gasteiger partial charge in [-0.2, -0.15) is 0 Å². The number of carbonyl (C=O) groups is 1. The second-order valence-electron chi connectivity index (χ2n) is 2.80. The summed E-state index contributed by atoms with van der Waals surface area (Å²) in [5.74, 6) is 0.267. The smallest absolute Gasteiger partial charge is 0.138 e. The lowest BCUT2D eigenvalue weighted by Gasteiger charge is -1.94. The molecule has 0 N–H and O–H groups in total. The SMILES string of the molecule is CCC(=O)Cc1nc(C)sc1C. The molecule has 0 spiro atoms. The first-order valence-electron chi connectivity index (χ1n) is 4.08. The molecular formula is C9H13NOS. The van der Waals surface area contributed by atoms with Gasteiger partial charge in [0, 0.05) is 17.7 Å². The van der Waals surface area contributed by atoms with Crippen molar-refractivity contribution in [3.63, 3.8) is 0 Å². The monoisotopic (exact) mass is 183 g/mol. The van der Waals surface area contributed by atoms with Gasteiger partial charge in [-0.15, -0.1) is 11.3 Å². The van der Waals surface area contributed by atoms with E-state index >= 15 is 0 Å². The summed E-state index contributed by atoms with van der Waals surface area (Å²) >= 11 is 1.66. The Morgan fingerprint density at radius 3 is 2.58 bits per heavy atom. The van der Waals surface area contributed by atoms with E-state index in [1.54, 1.807) is 11.3 Å². The average Bonchev–Trinajstić information content (AvgIpc) is 2.30. The Balaban J connectivity index is 2.75. The maximum Gasteiger partial charge on any atom is 0.138 e. The van der Waals surface area contributed by atoms with Gasteiger partial charge in [-0.05, 0) is 13.8 Å². The van der Waals surface area contributed by atoms with Crippen LogP contribution in [0.15, 0.2) is 0 Å². The van der Waals surface area contributed by atoms with Crippen molar-refractivity contribution in [3.8, 4) is 0 Å². The van der Waals surface area contributed by atoms with Crippen LogP contribution in [0.4, 0.5) is 0 Å². The Hall–Kier alpha value is -0.700. The first-order chi connectivity index (χ1) is 5.63. The summed E-state index contributed by atoms with van der Waals surface area (Å²) in [6, 6.07) is 0. The quantitative estimate of drug-likeness (QED) is 0.719. The minimum Gasteiger partial charge on any atom is -0.299 e. The van der Waals surface area contributed by atoms with Gasteiger partial charge in [0.2, 0.25) is 0 Å². The molecule has 0 fully saturated rings. The zero-order chi connectivity index (χ0) is 9.14. The highest BCUT2D eigenvalue weighted by atomic mass is 32.1. The van der Waals surface area contributed by atoms with E-state index in [1.807, 2.05) is 20.8 Å². The second-order valence-corrected chi connectivity index (χ2v) is 4.21. The Bertz CT molecular complexity index is 291. The van der Waals surface area contributed by atoms with Crippen molar-refractivity contribution in [2.24, 2.45) is 0 Å². The van der Waals surface area contributed by atoms with E-state index in [4.69, 9.17) is 0 Å². The third kappa shape index (κ3) is 2.14. The third-order valence-electron chi connectivity index (χ3n) is 1.76. The van der Waals surface area contributed by atoms with Crippen LogP contribution in [0.3, 0.4) is 0 Å². The molecule has 1 aromatic heterocycles. The maximum absolute atomic E-state index is 11.1. The molecule has 0 unspecified atom stereocenters. The Morgan fingerprint density at radius 1 is 1.50 bits per heavy atom. The Morgan fingerprint density at radius 2 is 2.17 bits per heavy atom. The first-order valence-corrected chi connectivity index (χ1v) is 4.89. The van der Waals surface area contributed by atoms with Gasteiger partial charge in [0.1, 0.15) is 5.78 Å². The van der Waals surface area contributed by atoms with E-state index in [0.29, 0.717) is 12.8 Å². The van der Waals surface area contributed by atoms with Crippen LogP contribution in [0, 0.1) is 13.8 Å². The minimum absolute atomic E-state index is 0.267. The van der Waals surface area contributed by atoms with Gasteiger partial charge >= 0.3 is 0 Å². The molecule has 0 atom stereocenters. The highest BCUT2D eigenvalue weighted by molar-refractivity contribution is 7.11. The summed E-state index contributed by atoms with van der Waals surface area (Å²) < 4.78 is 0. The largest absolute Gasteiger partial charge is 0.299 e. The van der Waals surface area contributed by atoms with Crippen molar-refractivity contribution < 1.29 is 4.79 Å². The maximum atomic E-state index is 11.1. The van der Waals surface area contributed by atoms with Crippen molar-refractivity contribution in [1.29, 1.82) is 0 Å². The molecule has 0 amide bonds. The molecular weight excluding hydrogens is 170 g/mol. The molecule has 0 saturated carbocycles. The van der Waals surface area contributed by atoms with Crippen LogP contribution in [0.5, 0.6) is 0 Å². The summed E-state index contributed by atoms with van der Waals surface area (Å²) in [4.78, 5) is 16.6. The van der Waals surface area contributed by atoms with Crippen LogP contribution >= 0.6 is 11.3 Å². The molecule has 1 aromatic rings. The lowest BCUT2D eigenvalue weighted by atomic mass is 10.2. The summed E-state index contributed by atoms with van der Waals surface area (Å²) in [6.45, 7) is 5.87. The molecule has 0 radical (unpaired) electrons. The summed E-state index contributed by atoms with van der Waals surface area (Å²) in [6.07, 6.45) is 1.11. The van der Waals surface area contributed by atoms with Crippen LogP contribution in [0.25, 0.3) is 0 Å². The average molecular weight is 183 g/mol. The first kappa shape index (κ1) is 9.39. The van der Waals surface area contributed by atoms with Gasteiger partial charge in [0.05, 0.1) is 10.7 Å². The van der Waals surface area contributed by atoms with Crippen LogP contribution < -0.4 is 0 Å². The number of aryl methyl sites for hydroxylation is 2. The van der Waals surface area contributed by atoms with Crippen LogP contribution in [-0.4, -0.2) is 10.8 Å². The number of Topliss-reactive ketones (excluding diaryl/α,β-unsaturated/α-hetero) is 1. The minimum atomic E-state index is 0.267. The standard InChI is InChI=1S/C9H13NOS/c1-4-8(11)5-9-6(2)12-7(3)10-9/h4-5H2,1-3H3. The van der Waals surface area contributed by atoms with E-state index in [1.165, 1.54) is 4.88 Å². The van der Waals surface area contributed by atoms with Crippen LogP contribution in [0.1, 0.15) is 28.9 Å². The van der Waals surface area contributed by atoms with Gasteiger partial charge in [0.15, 0.2) is 0 Å². The normalized spacial score (nSPS) is 10.2. The van der Waals surface area contributed by atoms with E-state index in [-0.39, 0.29) is 5.78 Å². The fraction of sp³-hybridized carbons (Fsp3) is 0.556. The summed E-state index contributed by atoms with van der Waals surface area (Å²) in [7, 11) is 0. The number of aromatic nitrogens is 1. The fourth-order valence-electron chi connectivity index (χ4n) is 1.05. The summed E-state index contributed by atoms with van der Waals surface area (Å²) in [5, 5.41) is 1.05. The van der Waals surface area contributed by atoms with E-state index < -0.39 is 0 Å². The van der Waals surface area contributed by atoms with Gasteiger partial charge < -0.3 is 0 Å². The highest BCUT2D eigenvalue weighted by Gasteiger charge is 2.07. The number of nitrogens with zero attached hydrogens (tertiary/aromatic N) is 1. The highest BCUT2D eigenvalue weighted by Crippen LogP contribution is 2.17. The molecule has 3 heteroatoms. The van der Waals surface area contributed by atoms with Gasteiger partial charge in [-0.1, -0.05) is 6.92 Å². The molecule has 0 saturated heterocycles.